The summed E-state index contributed by atoms with van der Waals surface area (Å²) in [5.74, 6) is 3.20. The van der Waals surface area contributed by atoms with Gasteiger partial charge in [-0.15, -0.1) is 0 Å². The first kappa shape index (κ1) is 34.4. The van der Waals surface area contributed by atoms with Crippen molar-refractivity contribution in [3.63, 3.8) is 0 Å². The van der Waals surface area contributed by atoms with Crippen molar-refractivity contribution < 1.29 is 9.73 Å². The van der Waals surface area contributed by atoms with Crippen molar-refractivity contribution in [1.82, 2.24) is 4.98 Å². The zero-order valence-corrected chi connectivity index (χ0v) is 33.1. The number of benzene rings is 4. The van der Waals surface area contributed by atoms with Crippen molar-refractivity contribution in [3.8, 4) is 0 Å². The molecule has 3 heterocycles. The number of aromatic nitrogens is 1. The maximum Gasteiger partial charge on any atom is 0.228 e. The minimum Gasteiger partial charge on any atom is -0.456 e. The van der Waals surface area contributed by atoms with E-state index in [1.165, 1.54) is 61.1 Å². The number of allylic oxidation sites excluding steroid dienone is 15. The van der Waals surface area contributed by atoms with Crippen LogP contribution in [0.2, 0.25) is 0 Å². The Morgan fingerprint density at radius 2 is 1.49 bits per heavy atom. The highest BCUT2D eigenvalue weighted by molar-refractivity contribution is 5.95. The predicted molar refractivity (Wildman–Crippen MR) is 240 cm³/mol. The number of hydrogen-bond donors (Lipinski definition) is 1. The van der Waals surface area contributed by atoms with Crippen molar-refractivity contribution in [2.45, 2.75) is 38.3 Å². The van der Waals surface area contributed by atoms with Gasteiger partial charge < -0.3 is 4.42 Å². The van der Waals surface area contributed by atoms with E-state index in [4.69, 9.17) is 14.4 Å². The van der Waals surface area contributed by atoms with Gasteiger partial charge in [-0.05, 0) is 113 Å². The molecule has 5 unspecified atom stereocenters. The van der Waals surface area contributed by atoms with Crippen LogP contribution in [0.15, 0.2) is 196 Å². The van der Waals surface area contributed by atoms with E-state index in [-0.39, 0.29) is 12.1 Å². The van der Waals surface area contributed by atoms with Gasteiger partial charge in [0.15, 0.2) is 0 Å². The molecular formula is C55H44N3O+. The molecule has 0 bridgehead atoms. The summed E-state index contributed by atoms with van der Waals surface area (Å²) in [7, 11) is 0. The van der Waals surface area contributed by atoms with Crippen molar-refractivity contribution in [2.75, 3.05) is 0 Å². The highest BCUT2D eigenvalue weighted by atomic mass is 16.3. The lowest BCUT2D eigenvalue weighted by Crippen LogP contribution is -2.91. The molecule has 12 rings (SSSR count). The van der Waals surface area contributed by atoms with Crippen LogP contribution in [0.1, 0.15) is 71.1 Å². The van der Waals surface area contributed by atoms with Gasteiger partial charge in [0.05, 0.1) is 22.8 Å². The number of rotatable bonds is 6. The predicted octanol–water partition coefficient (Wildman–Crippen LogP) is 11.8. The zero-order chi connectivity index (χ0) is 39.0. The third-order valence-corrected chi connectivity index (χ3v) is 13.6. The normalized spacial score (nSPS) is 23.9. The molecule has 2 N–H and O–H groups in total. The molecule has 1 aliphatic heterocycles. The third-order valence-electron chi connectivity index (χ3n) is 13.6. The standard InChI is InChI=1S/C55H43N3O/c1-2-44-53(35-10-5-3-6-11-35)57-55(36-12-7-4-8-13-36)58-54(44)42-21-25-46-45-24-20-38(31-49(45)59-50(46)32-42)37-22-26-47-39(28-37)23-27-48(56-47)43-29-40-18-16-33-14-9-15-34-17-19-41(30-43)52(40)51(33)34/h3-19,21-23,25-32,44,51-54H,2,20,24H2,1H3,(H,57,58)/p+1. The fourth-order valence-electron chi connectivity index (χ4n) is 10.7. The quantitative estimate of drug-likeness (QED) is 0.184. The van der Waals surface area contributed by atoms with Crippen molar-refractivity contribution in [3.05, 3.63) is 225 Å². The summed E-state index contributed by atoms with van der Waals surface area (Å²) in [6, 6.07) is 39.9. The fraction of sp³-hybridized carbons (Fsp3) is 0.164. The average molecular weight is 763 g/mol. The summed E-state index contributed by atoms with van der Waals surface area (Å²) in [6.07, 6.45) is 25.9. The van der Waals surface area contributed by atoms with Gasteiger partial charge in [0.25, 0.3) is 0 Å². The van der Waals surface area contributed by atoms with Crippen LogP contribution >= 0.6 is 0 Å². The second kappa shape index (κ2) is 13.8. The molecule has 6 aromatic rings. The first-order chi connectivity index (χ1) is 29.1. The van der Waals surface area contributed by atoms with E-state index < -0.39 is 0 Å². The molecule has 4 aromatic carbocycles. The monoisotopic (exact) mass is 762 g/mol. The number of nitrogens with zero attached hydrogens (tertiary/aromatic N) is 2. The Kier molecular flexibility index (Phi) is 8.02. The number of fused-ring (bicyclic) bond motifs is 4. The van der Waals surface area contributed by atoms with Crippen molar-refractivity contribution in [2.24, 2.45) is 22.7 Å². The van der Waals surface area contributed by atoms with Gasteiger partial charge in [0.1, 0.15) is 17.4 Å². The van der Waals surface area contributed by atoms with Gasteiger partial charge in [-0.2, -0.15) is 0 Å². The van der Waals surface area contributed by atoms with E-state index >= 15 is 0 Å². The Balaban J connectivity index is 0.842. The molecule has 284 valence electrons. The SMILES string of the molecule is CCC1C(c2ccccc2)N=C(c2ccccc2)[NH2+]C1c1ccc2c3c(oc2c1)C=C(c1ccc2nc(C4=CC5=CC=C6C=CC=C7C=CC(=C4)C5C76)ccc2c1)CC3. The van der Waals surface area contributed by atoms with Crippen molar-refractivity contribution in [1.29, 1.82) is 0 Å². The number of amidine groups is 1. The molecule has 5 aliphatic carbocycles. The van der Waals surface area contributed by atoms with Gasteiger partial charge >= 0.3 is 0 Å². The summed E-state index contributed by atoms with van der Waals surface area (Å²) in [6.45, 7) is 2.30. The average Bonchev–Trinajstić information content (AvgIpc) is 3.67. The first-order valence-corrected chi connectivity index (χ1v) is 21.3. The third kappa shape index (κ3) is 5.77. The first-order valence-electron chi connectivity index (χ1n) is 21.3. The Morgan fingerprint density at radius 1 is 0.678 bits per heavy atom. The maximum atomic E-state index is 6.76. The van der Waals surface area contributed by atoms with Crippen LogP contribution in [0, 0.1) is 17.8 Å². The number of furan rings is 1. The Bertz CT molecular complexity index is 3020. The highest BCUT2D eigenvalue weighted by Crippen LogP contribution is 2.50. The largest absolute Gasteiger partial charge is 0.456 e. The minimum atomic E-state index is 0.0796. The number of hydrogen-bond acceptors (Lipinski definition) is 3. The fourth-order valence-corrected chi connectivity index (χ4v) is 10.7. The van der Waals surface area contributed by atoms with E-state index in [2.05, 4.69) is 182 Å². The second-order valence-electron chi connectivity index (χ2n) is 16.9. The molecule has 0 saturated carbocycles. The lowest BCUT2D eigenvalue weighted by Gasteiger charge is -2.39. The van der Waals surface area contributed by atoms with Crippen LogP contribution < -0.4 is 5.32 Å². The minimum absolute atomic E-state index is 0.0796. The second-order valence-corrected chi connectivity index (χ2v) is 16.9. The molecule has 4 nitrogen and oxygen atoms in total. The van der Waals surface area contributed by atoms with E-state index in [9.17, 15) is 0 Å². The van der Waals surface area contributed by atoms with Crippen molar-refractivity contribution >= 4 is 44.9 Å². The molecule has 0 radical (unpaired) electrons. The number of nitrogens with two attached hydrogens (primary N) is 1. The number of pyridine rings is 1. The van der Waals surface area contributed by atoms with Gasteiger partial charge in [-0.1, -0.05) is 122 Å². The zero-order valence-electron chi connectivity index (χ0n) is 33.1. The van der Waals surface area contributed by atoms with Crippen LogP contribution in [0.4, 0.5) is 0 Å². The smallest absolute Gasteiger partial charge is 0.228 e. The van der Waals surface area contributed by atoms with Gasteiger partial charge in [-0.3, -0.25) is 5.32 Å². The van der Waals surface area contributed by atoms with E-state index in [0.717, 1.165) is 58.6 Å². The number of aliphatic imine (C=N–C) groups is 1. The Hall–Kier alpha value is -6.62. The maximum absolute atomic E-state index is 6.76. The Morgan fingerprint density at radius 3 is 2.37 bits per heavy atom. The van der Waals surface area contributed by atoms with E-state index in [0.29, 0.717) is 17.8 Å². The van der Waals surface area contributed by atoms with E-state index in [1.807, 2.05) is 0 Å². The molecule has 0 fully saturated rings. The molecule has 5 atom stereocenters. The molecule has 0 saturated heterocycles. The van der Waals surface area contributed by atoms with Gasteiger partial charge in [-0.25, -0.2) is 9.98 Å². The number of quaternary nitrogens is 1. The molecule has 0 spiro atoms. The molecule has 6 aliphatic rings. The van der Waals surface area contributed by atoms with Crippen LogP contribution in [0.5, 0.6) is 0 Å². The van der Waals surface area contributed by atoms with Crippen LogP contribution in [-0.2, 0) is 6.42 Å². The molecule has 4 heteroatoms. The van der Waals surface area contributed by atoms with Crippen LogP contribution in [-0.4, -0.2) is 10.8 Å². The molecule has 2 aromatic heterocycles. The highest BCUT2D eigenvalue weighted by Gasteiger charge is 2.40. The van der Waals surface area contributed by atoms with Gasteiger partial charge in [0.2, 0.25) is 5.84 Å². The molecule has 59 heavy (non-hydrogen) atoms. The van der Waals surface area contributed by atoms with Gasteiger partial charge in [0, 0.05) is 45.2 Å². The lowest BCUT2D eigenvalue weighted by atomic mass is 9.64. The molecule has 0 amide bonds. The van der Waals surface area contributed by atoms with Crippen LogP contribution in [0.3, 0.4) is 0 Å². The Labute approximate surface area is 344 Å². The summed E-state index contributed by atoms with van der Waals surface area (Å²) >= 11 is 0. The molecular weight excluding hydrogens is 719 g/mol. The summed E-state index contributed by atoms with van der Waals surface area (Å²) in [4.78, 5) is 10.6. The summed E-state index contributed by atoms with van der Waals surface area (Å²) in [5.41, 5.74) is 17.3. The lowest BCUT2D eigenvalue weighted by molar-refractivity contribution is -0.602. The summed E-state index contributed by atoms with van der Waals surface area (Å²) in [5, 5.41) is 4.78. The topological polar surface area (TPSA) is 55.0 Å². The van der Waals surface area contributed by atoms with E-state index in [1.54, 1.807) is 0 Å². The van der Waals surface area contributed by atoms with Crippen LogP contribution in [0.25, 0.3) is 39.1 Å². The number of aryl methyl sites for hydroxylation is 1. The summed E-state index contributed by atoms with van der Waals surface area (Å²) < 4.78 is 6.76.